The highest BCUT2D eigenvalue weighted by Gasteiger charge is 2.48. The Hall–Kier alpha value is -4.28. The molecule has 4 aliphatic carbocycles. The molecule has 4 fully saturated rings. The van der Waals surface area contributed by atoms with Gasteiger partial charge in [0.1, 0.15) is 11.3 Å². The number of aliphatic imine (C=N–C) groups is 1. The Labute approximate surface area is 369 Å². The van der Waals surface area contributed by atoms with E-state index < -0.39 is 17.1 Å². The third-order valence-corrected chi connectivity index (χ3v) is 14.9. The number of fused-ring (bicyclic) bond motifs is 4. The number of anilines is 1. The molecule has 0 saturated heterocycles. The van der Waals surface area contributed by atoms with Crippen molar-refractivity contribution in [2.45, 2.75) is 145 Å². The van der Waals surface area contributed by atoms with E-state index in [1.54, 1.807) is 27.1 Å². The number of phenols is 2. The Morgan fingerprint density at radius 1 is 1.00 bits per heavy atom. The molecule has 7 rings (SSSR count). The normalized spacial score (nSPS) is 28.5. The van der Waals surface area contributed by atoms with Crippen LogP contribution in [-0.4, -0.2) is 85.4 Å². The van der Waals surface area contributed by atoms with Crippen molar-refractivity contribution in [3.8, 4) is 35.0 Å². The molecule has 1 spiro atoms. The fourth-order valence-corrected chi connectivity index (χ4v) is 11.5. The van der Waals surface area contributed by atoms with Crippen LogP contribution in [0.1, 0.15) is 127 Å². The summed E-state index contributed by atoms with van der Waals surface area (Å²) in [5, 5.41) is 45.8. The molecule has 7 N–H and O–H groups in total. The summed E-state index contributed by atoms with van der Waals surface area (Å²) in [5.41, 5.74) is 0.723. The monoisotopic (exact) mass is 854 g/mol. The summed E-state index contributed by atoms with van der Waals surface area (Å²) in [6, 6.07) is 12.6. The lowest BCUT2D eigenvalue weighted by Gasteiger charge is -2.35. The molecule has 62 heavy (non-hydrogen) atoms. The highest BCUT2D eigenvalue weighted by atomic mass is 16.5. The number of methoxy groups -OCH3 is 1. The number of likely N-dealkylation sites (N-methyl/N-ethyl adjacent to an activating group) is 1. The van der Waals surface area contributed by atoms with Gasteiger partial charge in [0.15, 0.2) is 28.8 Å². The number of nitrogens with one attached hydrogen (secondary N) is 4. The molecule has 0 unspecified atom stereocenters. The first-order valence-electron chi connectivity index (χ1n) is 23.3. The number of aromatic hydroxyl groups is 2. The highest BCUT2D eigenvalue weighted by Crippen LogP contribution is 2.52. The van der Waals surface area contributed by atoms with Gasteiger partial charge in [0.25, 0.3) is 0 Å². The van der Waals surface area contributed by atoms with Gasteiger partial charge in [-0.1, -0.05) is 37.3 Å². The summed E-state index contributed by atoms with van der Waals surface area (Å²) >= 11 is 0. The number of ketones is 1. The maximum absolute atomic E-state index is 14.7. The quantitative estimate of drug-likeness (QED) is 0.0569. The maximum atomic E-state index is 14.7. The van der Waals surface area contributed by atoms with E-state index in [0.29, 0.717) is 68.0 Å². The minimum Gasteiger partial charge on any atom is -0.504 e. The van der Waals surface area contributed by atoms with Crippen molar-refractivity contribution in [1.82, 2.24) is 16.0 Å². The van der Waals surface area contributed by atoms with Crippen molar-refractivity contribution in [2.24, 2.45) is 22.2 Å². The van der Waals surface area contributed by atoms with Crippen LogP contribution in [0, 0.1) is 29.2 Å². The number of guanidine groups is 1. The van der Waals surface area contributed by atoms with Gasteiger partial charge in [-0.15, -0.1) is 0 Å². The Kier molecular flexibility index (Phi) is 14.8. The van der Waals surface area contributed by atoms with E-state index in [1.807, 2.05) is 31.3 Å². The third-order valence-electron chi connectivity index (χ3n) is 14.9. The molecule has 2 aromatic rings. The molecular weight excluding hydrogens is 783 g/mol. The molecule has 0 aromatic heterocycles. The Morgan fingerprint density at radius 3 is 2.53 bits per heavy atom. The maximum Gasteiger partial charge on any atom is 0.207 e. The van der Waals surface area contributed by atoms with Crippen LogP contribution in [0.15, 0.2) is 47.5 Å². The first kappa shape index (κ1) is 45.7. The number of allylic oxidation sites excluding steroid dienone is 2. The van der Waals surface area contributed by atoms with Gasteiger partial charge in [0.2, 0.25) is 5.96 Å². The minimum atomic E-state index is -0.639. The van der Waals surface area contributed by atoms with Crippen LogP contribution >= 0.6 is 0 Å². The minimum absolute atomic E-state index is 0.0286. The fourth-order valence-electron chi connectivity index (χ4n) is 11.5. The van der Waals surface area contributed by atoms with Crippen molar-refractivity contribution >= 4 is 17.4 Å². The average molecular weight is 854 g/mol. The lowest BCUT2D eigenvalue weighted by molar-refractivity contribution is -0.125. The van der Waals surface area contributed by atoms with Crippen LogP contribution in [-0.2, 0) is 21.4 Å². The van der Waals surface area contributed by atoms with Gasteiger partial charge in [-0.25, -0.2) is 0 Å². The standard InChI is InChI=1S/C50H71N5O7/c1-35(56)33-54-50(23-7-8-24-50)61-27-18-36-17-25-48(31-36,34-51-2)62-43-30-39-29-40(45(43)59)55-46(52-3)53-26-11-13-38-12-9-22-49(38,32-37-15-16-41(57)42(28-37)60-4)44(58)14-10-21-47(39)19-5-6-20-47/h10,14-16,28-30,35-36,38,51,54,56-57,59H,5-9,12-13,17-25,27,31-34H2,1-4H3,(H2,52,53,55)/b14-10+/t35-,36-,38-,48+,49-/m0/s1. The van der Waals surface area contributed by atoms with Crippen molar-refractivity contribution in [3.63, 3.8) is 0 Å². The number of aliphatic hydroxyl groups excluding tert-OH is 1. The molecule has 12 heteroatoms. The first-order valence-corrected chi connectivity index (χ1v) is 23.3. The van der Waals surface area contributed by atoms with Crippen molar-refractivity contribution in [3.05, 3.63) is 53.6 Å². The second kappa shape index (κ2) is 20.0. The number of hydrogen-bond donors (Lipinski definition) is 7. The summed E-state index contributed by atoms with van der Waals surface area (Å²) in [4.78, 5) is 19.2. The molecule has 2 aromatic carbocycles. The van der Waals surface area contributed by atoms with Crippen LogP contribution in [0.25, 0.3) is 0 Å². The molecule has 0 radical (unpaired) electrons. The number of carbonyl (C=O) groups excluding carboxylic acids is 1. The molecule has 338 valence electrons. The number of benzene rings is 2. The number of carbonyl (C=O) groups is 1. The number of ether oxygens (including phenoxy) is 3. The summed E-state index contributed by atoms with van der Waals surface area (Å²) in [6.45, 7) is 3.60. The van der Waals surface area contributed by atoms with Gasteiger partial charge < -0.3 is 40.2 Å². The smallest absolute Gasteiger partial charge is 0.207 e. The van der Waals surface area contributed by atoms with E-state index in [2.05, 4.69) is 50.4 Å². The van der Waals surface area contributed by atoms with Gasteiger partial charge in [-0.05, 0) is 163 Å². The van der Waals surface area contributed by atoms with Crippen LogP contribution < -0.4 is 30.7 Å². The highest BCUT2D eigenvalue weighted by molar-refractivity contribution is 5.97. The molecular formula is C50H71N5O7. The Balaban J connectivity index is 1.17. The zero-order chi connectivity index (χ0) is 43.8. The lowest BCUT2D eigenvalue weighted by atomic mass is 9.68. The van der Waals surface area contributed by atoms with E-state index in [9.17, 15) is 20.1 Å². The predicted octanol–water partition coefficient (Wildman–Crippen LogP) is 7.60. The third kappa shape index (κ3) is 10.2. The van der Waals surface area contributed by atoms with E-state index in [1.165, 1.54) is 0 Å². The molecule has 5 aliphatic rings. The van der Waals surface area contributed by atoms with Gasteiger partial charge >= 0.3 is 0 Å². The summed E-state index contributed by atoms with van der Waals surface area (Å²) in [6.07, 6.45) is 19.6. The van der Waals surface area contributed by atoms with E-state index in [4.69, 9.17) is 14.2 Å². The zero-order valence-electron chi connectivity index (χ0n) is 37.5. The van der Waals surface area contributed by atoms with Crippen LogP contribution in [0.2, 0.25) is 0 Å². The number of nitrogens with zero attached hydrogens (tertiary/aromatic N) is 1. The van der Waals surface area contributed by atoms with Crippen molar-refractivity contribution < 1.29 is 34.3 Å². The van der Waals surface area contributed by atoms with Gasteiger partial charge in [0.05, 0.1) is 18.9 Å². The molecule has 0 amide bonds. The number of rotatable bonds is 14. The van der Waals surface area contributed by atoms with E-state index in [0.717, 1.165) is 107 Å². The van der Waals surface area contributed by atoms with E-state index >= 15 is 0 Å². The summed E-state index contributed by atoms with van der Waals surface area (Å²) in [5.74, 6) is 5.23. The molecule has 12 nitrogen and oxygen atoms in total. The molecule has 4 saturated carbocycles. The first-order chi connectivity index (χ1) is 30.0. The molecule has 1 aliphatic heterocycles. The van der Waals surface area contributed by atoms with Gasteiger partial charge in [-0.3, -0.25) is 20.4 Å². The number of phenolic OH excluding ortho intramolecular Hbond substituents is 2. The lowest BCUT2D eigenvalue weighted by Crippen LogP contribution is -2.48. The van der Waals surface area contributed by atoms with Crippen LogP contribution in [0.5, 0.6) is 23.0 Å². The molecule has 1 heterocycles. The van der Waals surface area contributed by atoms with Crippen molar-refractivity contribution in [1.29, 1.82) is 0 Å². The average Bonchev–Trinajstić information content (AvgIpc) is 4.09. The van der Waals surface area contributed by atoms with E-state index in [-0.39, 0.29) is 34.3 Å². The Bertz CT molecular complexity index is 1990. The van der Waals surface area contributed by atoms with Gasteiger partial charge in [0, 0.05) is 44.6 Å². The second-order valence-electron chi connectivity index (χ2n) is 19.1. The Morgan fingerprint density at radius 2 is 1.79 bits per heavy atom. The molecule has 2 bridgehead atoms. The number of hydrogen-bond acceptors (Lipinski definition) is 10. The molecule has 5 atom stereocenters. The predicted molar refractivity (Wildman–Crippen MR) is 244 cm³/mol. The van der Waals surface area contributed by atoms with Crippen LogP contribution in [0.4, 0.5) is 5.69 Å². The fraction of sp³-hybridized carbons (Fsp3) is 0.640. The summed E-state index contributed by atoms with van der Waals surface area (Å²) < 4.78 is 19.1. The SMILES string of the molecule is CN=C1NC#CC[C@@H]2CCC[C@@]2(Cc2ccc(O)c(OC)c2)C(=O)/C=C/CC2(CCCC2)c2cc(c(O)c(O[C@]3(CNC)CC[C@@H](CCOC4(NC[C@H](C)O)CCCC4)C3)c2)N1. The van der Waals surface area contributed by atoms with Crippen LogP contribution in [0.3, 0.4) is 0 Å². The number of aliphatic hydroxyl groups is 1. The topological polar surface area (TPSA) is 166 Å². The van der Waals surface area contributed by atoms with Gasteiger partial charge in [-0.2, -0.15) is 0 Å². The zero-order valence-corrected chi connectivity index (χ0v) is 37.5. The van der Waals surface area contributed by atoms with Crippen molar-refractivity contribution in [2.75, 3.05) is 46.2 Å². The second-order valence-corrected chi connectivity index (χ2v) is 19.1. The largest absolute Gasteiger partial charge is 0.504 e. The summed E-state index contributed by atoms with van der Waals surface area (Å²) in [7, 11) is 5.18.